The van der Waals surface area contributed by atoms with Gasteiger partial charge in [-0.2, -0.15) is 5.10 Å². The van der Waals surface area contributed by atoms with Gasteiger partial charge in [0.1, 0.15) is 15.6 Å². The van der Waals surface area contributed by atoms with E-state index in [1.165, 1.54) is 6.26 Å². The Kier molecular flexibility index (Phi) is 3.52. The minimum Gasteiger partial charge on any atom is -0.495 e. The molecule has 0 saturated heterocycles. The van der Waals surface area contributed by atoms with E-state index in [1.807, 2.05) is 31.2 Å². The van der Waals surface area contributed by atoms with Gasteiger partial charge in [0.15, 0.2) is 5.65 Å². The molecule has 2 heterocycles. The van der Waals surface area contributed by atoms with Crippen molar-refractivity contribution in [1.29, 1.82) is 0 Å². The Bertz CT molecular complexity index is 961. The molecule has 0 spiro atoms. The first kappa shape index (κ1) is 14.8. The maximum Gasteiger partial charge on any atom is 0.162 e. The molecule has 22 heavy (non-hydrogen) atoms. The summed E-state index contributed by atoms with van der Waals surface area (Å²) in [6, 6.07) is 7.70. The van der Waals surface area contributed by atoms with Crippen LogP contribution in [0.1, 0.15) is 5.69 Å². The van der Waals surface area contributed by atoms with E-state index in [0.29, 0.717) is 5.65 Å². The molecule has 0 N–H and O–H groups in total. The number of aryl methyl sites for hydroxylation is 2. The molecule has 0 saturated carbocycles. The Morgan fingerprint density at radius 3 is 2.68 bits per heavy atom. The summed E-state index contributed by atoms with van der Waals surface area (Å²) in [4.78, 5) is 4.63. The predicted molar refractivity (Wildman–Crippen MR) is 86.0 cm³/mol. The minimum atomic E-state index is -3.06. The molecule has 7 heteroatoms. The highest BCUT2D eigenvalue weighted by molar-refractivity contribution is 7.90. The summed E-state index contributed by atoms with van der Waals surface area (Å²) in [7, 11) is -1.44. The minimum absolute atomic E-state index is 0.0278. The lowest BCUT2D eigenvalue weighted by molar-refractivity contribution is 0.424. The van der Waals surface area contributed by atoms with E-state index in [9.17, 15) is 8.42 Å². The van der Waals surface area contributed by atoms with Crippen molar-refractivity contribution >= 4 is 31.8 Å². The van der Waals surface area contributed by atoms with Gasteiger partial charge in [0.05, 0.1) is 36.0 Å². The fraction of sp³-hybridized carbons (Fsp3) is 0.333. The van der Waals surface area contributed by atoms with E-state index in [4.69, 9.17) is 4.74 Å². The average molecular weight is 319 g/mol. The molecule has 0 aliphatic carbocycles. The molecule has 3 aromatic rings. The van der Waals surface area contributed by atoms with Crippen molar-refractivity contribution in [2.45, 2.75) is 13.5 Å². The van der Waals surface area contributed by atoms with Gasteiger partial charge in [0.25, 0.3) is 0 Å². The second-order valence-corrected chi connectivity index (χ2v) is 7.56. The van der Waals surface area contributed by atoms with Crippen molar-refractivity contribution < 1.29 is 13.2 Å². The van der Waals surface area contributed by atoms with Crippen molar-refractivity contribution in [2.24, 2.45) is 0 Å². The molecule has 0 radical (unpaired) electrons. The standard InChI is InChI=1S/C15H17N3O3S/c1-10-13-14(21-2)11-6-4-5-7-12(11)16-15(13)18(17-10)8-9-22(3,19)20/h4-7H,8-9H2,1-3H3. The van der Waals surface area contributed by atoms with Crippen molar-refractivity contribution in [2.75, 3.05) is 19.1 Å². The van der Waals surface area contributed by atoms with Crippen LogP contribution in [0.3, 0.4) is 0 Å². The van der Waals surface area contributed by atoms with Crippen LogP contribution in [0.25, 0.3) is 21.9 Å². The maximum atomic E-state index is 11.4. The first-order valence-corrected chi connectivity index (χ1v) is 8.94. The molecule has 0 aliphatic rings. The van der Waals surface area contributed by atoms with Gasteiger partial charge in [-0.3, -0.25) is 0 Å². The lowest BCUT2D eigenvalue weighted by Crippen LogP contribution is -2.12. The van der Waals surface area contributed by atoms with Crippen LogP contribution >= 0.6 is 0 Å². The highest BCUT2D eigenvalue weighted by Crippen LogP contribution is 2.34. The molecule has 116 valence electrons. The lowest BCUT2D eigenvalue weighted by atomic mass is 10.1. The number of para-hydroxylation sites is 1. The number of aromatic nitrogens is 3. The summed E-state index contributed by atoms with van der Waals surface area (Å²) in [5.41, 5.74) is 2.22. The van der Waals surface area contributed by atoms with E-state index < -0.39 is 9.84 Å². The van der Waals surface area contributed by atoms with Crippen LogP contribution in [0.15, 0.2) is 24.3 Å². The monoisotopic (exact) mass is 319 g/mol. The highest BCUT2D eigenvalue weighted by atomic mass is 32.2. The molecule has 0 aliphatic heterocycles. The molecular formula is C15H17N3O3S. The fourth-order valence-corrected chi connectivity index (χ4v) is 3.09. The number of methoxy groups -OCH3 is 1. The van der Waals surface area contributed by atoms with Crippen molar-refractivity contribution in [3.63, 3.8) is 0 Å². The molecule has 6 nitrogen and oxygen atoms in total. The molecule has 0 unspecified atom stereocenters. The zero-order valence-corrected chi connectivity index (χ0v) is 13.5. The average Bonchev–Trinajstić information content (AvgIpc) is 2.78. The van der Waals surface area contributed by atoms with E-state index in [2.05, 4.69) is 10.1 Å². The first-order valence-electron chi connectivity index (χ1n) is 6.88. The van der Waals surface area contributed by atoms with Gasteiger partial charge >= 0.3 is 0 Å². The van der Waals surface area contributed by atoms with Crippen LogP contribution in [-0.2, 0) is 16.4 Å². The molecule has 3 rings (SSSR count). The normalized spacial score (nSPS) is 12.1. The molecule has 2 aromatic heterocycles. The van der Waals surface area contributed by atoms with Crippen LogP contribution in [0.2, 0.25) is 0 Å². The van der Waals surface area contributed by atoms with E-state index in [0.717, 1.165) is 27.7 Å². The summed E-state index contributed by atoms with van der Waals surface area (Å²) in [5.74, 6) is 0.753. The van der Waals surface area contributed by atoms with Crippen molar-refractivity contribution in [3.8, 4) is 5.75 Å². The zero-order valence-electron chi connectivity index (χ0n) is 12.7. The van der Waals surface area contributed by atoms with Crippen molar-refractivity contribution in [1.82, 2.24) is 14.8 Å². The molecule has 0 amide bonds. The van der Waals surface area contributed by atoms with Gasteiger partial charge in [0, 0.05) is 11.6 Å². The van der Waals surface area contributed by atoms with E-state index in [1.54, 1.807) is 11.8 Å². The van der Waals surface area contributed by atoms with Gasteiger partial charge in [-0.1, -0.05) is 12.1 Å². The third kappa shape index (κ3) is 2.52. The number of nitrogens with zero attached hydrogens (tertiary/aromatic N) is 3. The predicted octanol–water partition coefficient (Wildman–Crippen LogP) is 1.95. The summed E-state index contributed by atoms with van der Waals surface area (Å²) in [6.07, 6.45) is 1.22. The number of rotatable bonds is 4. The largest absolute Gasteiger partial charge is 0.495 e. The van der Waals surface area contributed by atoms with Gasteiger partial charge in [0.2, 0.25) is 0 Å². The third-order valence-corrected chi connectivity index (χ3v) is 4.50. The van der Waals surface area contributed by atoms with Gasteiger partial charge in [-0.05, 0) is 19.1 Å². The van der Waals surface area contributed by atoms with Crippen LogP contribution in [-0.4, -0.2) is 42.3 Å². The fourth-order valence-electron chi connectivity index (χ4n) is 2.58. The first-order chi connectivity index (χ1) is 10.4. The Balaban J connectivity index is 2.27. The maximum absolute atomic E-state index is 11.4. The number of ether oxygens (including phenoxy) is 1. The Morgan fingerprint density at radius 1 is 1.27 bits per heavy atom. The smallest absolute Gasteiger partial charge is 0.162 e. The van der Waals surface area contributed by atoms with E-state index in [-0.39, 0.29) is 12.3 Å². The van der Waals surface area contributed by atoms with Crippen LogP contribution < -0.4 is 4.74 Å². The molecular weight excluding hydrogens is 302 g/mol. The number of hydrogen-bond acceptors (Lipinski definition) is 5. The zero-order chi connectivity index (χ0) is 15.9. The lowest BCUT2D eigenvalue weighted by Gasteiger charge is -2.08. The molecule has 0 atom stereocenters. The second-order valence-electron chi connectivity index (χ2n) is 5.30. The Labute approximate surface area is 128 Å². The van der Waals surface area contributed by atoms with Gasteiger partial charge < -0.3 is 4.74 Å². The summed E-state index contributed by atoms with van der Waals surface area (Å²) in [5, 5.41) is 6.18. The third-order valence-electron chi connectivity index (χ3n) is 3.58. The number of benzene rings is 1. The van der Waals surface area contributed by atoms with Crippen LogP contribution in [0, 0.1) is 6.92 Å². The Morgan fingerprint density at radius 2 is 2.00 bits per heavy atom. The number of sulfone groups is 1. The summed E-state index contributed by atoms with van der Waals surface area (Å²) in [6.45, 7) is 2.15. The van der Waals surface area contributed by atoms with E-state index >= 15 is 0 Å². The quantitative estimate of drug-likeness (QED) is 0.735. The molecule has 0 fully saturated rings. The number of hydrogen-bond donors (Lipinski definition) is 0. The van der Waals surface area contributed by atoms with Crippen LogP contribution in [0.5, 0.6) is 5.75 Å². The van der Waals surface area contributed by atoms with Gasteiger partial charge in [-0.15, -0.1) is 0 Å². The molecule has 0 bridgehead atoms. The van der Waals surface area contributed by atoms with Crippen molar-refractivity contribution in [3.05, 3.63) is 30.0 Å². The van der Waals surface area contributed by atoms with Gasteiger partial charge in [-0.25, -0.2) is 18.1 Å². The highest BCUT2D eigenvalue weighted by Gasteiger charge is 2.18. The number of pyridine rings is 1. The second kappa shape index (κ2) is 5.24. The molecule has 1 aromatic carbocycles. The Hall–Kier alpha value is -2.15. The topological polar surface area (TPSA) is 74.1 Å². The van der Waals surface area contributed by atoms with Crippen LogP contribution in [0.4, 0.5) is 0 Å². The number of fused-ring (bicyclic) bond motifs is 2. The summed E-state index contributed by atoms with van der Waals surface area (Å²) >= 11 is 0. The SMILES string of the molecule is COc1c2ccccc2nc2c1c(C)nn2CCS(C)(=O)=O. The summed E-state index contributed by atoms with van der Waals surface area (Å²) < 4.78 is 30.0.